The highest BCUT2D eigenvalue weighted by Crippen LogP contribution is 2.38. The zero-order chi connectivity index (χ0) is 21.2. The van der Waals surface area contributed by atoms with Crippen LogP contribution in [0, 0.1) is 11.6 Å². The molecule has 3 rings (SSSR count). The average Bonchev–Trinajstić information content (AvgIpc) is 3.44. The van der Waals surface area contributed by atoms with E-state index in [1.54, 1.807) is 18.2 Å². The highest BCUT2D eigenvalue weighted by molar-refractivity contribution is 7.88. The van der Waals surface area contributed by atoms with Crippen LogP contribution in [0.3, 0.4) is 0 Å². The monoisotopic (exact) mass is 426 g/mol. The summed E-state index contributed by atoms with van der Waals surface area (Å²) in [7, 11) is -1.11. The number of rotatable bonds is 8. The number of halogens is 2. The molecule has 1 amide bonds. The van der Waals surface area contributed by atoms with Gasteiger partial charge in [0.05, 0.1) is 20.0 Å². The van der Waals surface area contributed by atoms with E-state index in [1.807, 2.05) is 0 Å². The quantitative estimate of drug-likeness (QED) is 0.677. The minimum absolute atomic E-state index is 0.185. The molecule has 1 saturated carbocycles. The summed E-state index contributed by atoms with van der Waals surface area (Å²) < 4.78 is 64.3. The van der Waals surface area contributed by atoms with Gasteiger partial charge in [0.15, 0.2) is 11.5 Å². The first-order valence-electron chi connectivity index (χ1n) is 8.67. The van der Waals surface area contributed by atoms with E-state index in [4.69, 9.17) is 9.47 Å². The molecule has 2 aromatic carbocycles. The minimum atomic E-state index is -4.04. The van der Waals surface area contributed by atoms with Crippen molar-refractivity contribution in [2.24, 2.45) is 0 Å². The molecule has 0 aliphatic heterocycles. The highest BCUT2D eigenvalue weighted by Gasteiger charge is 2.52. The van der Waals surface area contributed by atoms with Gasteiger partial charge in [-0.25, -0.2) is 17.2 Å². The van der Waals surface area contributed by atoms with Crippen LogP contribution < -0.4 is 19.5 Å². The van der Waals surface area contributed by atoms with Crippen LogP contribution in [-0.2, 0) is 20.6 Å². The second kappa shape index (κ2) is 7.96. The summed E-state index contributed by atoms with van der Waals surface area (Å²) in [5.41, 5.74) is -1.08. The number of amides is 1. The van der Waals surface area contributed by atoms with Crippen molar-refractivity contribution < 1.29 is 31.5 Å². The second-order valence-corrected chi connectivity index (χ2v) is 8.43. The Kier molecular flexibility index (Phi) is 5.76. The van der Waals surface area contributed by atoms with Crippen LogP contribution in [-0.4, -0.2) is 34.1 Å². The van der Waals surface area contributed by atoms with Crippen molar-refractivity contribution in [2.45, 2.75) is 24.1 Å². The van der Waals surface area contributed by atoms with E-state index in [0.717, 1.165) is 12.1 Å². The van der Waals surface area contributed by atoms with E-state index < -0.39 is 38.9 Å². The molecule has 7 nitrogen and oxygen atoms in total. The second-order valence-electron chi connectivity index (χ2n) is 6.70. The lowest BCUT2D eigenvalue weighted by Crippen LogP contribution is -2.46. The summed E-state index contributed by atoms with van der Waals surface area (Å²) in [5.74, 6) is -2.12. The Hall–Kier alpha value is -2.72. The smallest absolute Gasteiger partial charge is 0.245 e. The third kappa shape index (κ3) is 4.83. The molecule has 0 bridgehead atoms. The van der Waals surface area contributed by atoms with Gasteiger partial charge in [-0.1, -0.05) is 6.07 Å². The lowest BCUT2D eigenvalue weighted by molar-refractivity contribution is -0.118. The highest BCUT2D eigenvalue weighted by atomic mass is 32.2. The summed E-state index contributed by atoms with van der Waals surface area (Å²) in [6.45, 7) is 0. The van der Waals surface area contributed by atoms with Crippen LogP contribution in [0.1, 0.15) is 18.4 Å². The minimum Gasteiger partial charge on any atom is -0.493 e. The van der Waals surface area contributed by atoms with Crippen LogP contribution in [0.4, 0.5) is 14.5 Å². The number of hydrogen-bond acceptors (Lipinski definition) is 5. The Morgan fingerprint density at radius 2 is 1.76 bits per heavy atom. The van der Waals surface area contributed by atoms with Gasteiger partial charge in [-0.05, 0) is 31.0 Å². The van der Waals surface area contributed by atoms with Crippen LogP contribution in [0.2, 0.25) is 0 Å². The van der Waals surface area contributed by atoms with Crippen LogP contribution in [0.15, 0.2) is 36.4 Å². The Bertz CT molecular complexity index is 1040. The number of ether oxygens (including phenoxy) is 2. The molecular weight excluding hydrogens is 406 g/mol. The van der Waals surface area contributed by atoms with Crippen molar-refractivity contribution in [3.63, 3.8) is 0 Å². The number of hydrogen-bond donors (Lipinski definition) is 2. The Labute approximate surface area is 167 Å². The summed E-state index contributed by atoms with van der Waals surface area (Å²) in [6.07, 6.45) is 0.606. The van der Waals surface area contributed by atoms with Crippen LogP contribution in [0.5, 0.6) is 11.5 Å². The lowest BCUT2D eigenvalue weighted by atomic mass is 10.2. The average molecular weight is 426 g/mol. The van der Waals surface area contributed by atoms with Crippen molar-refractivity contribution in [3.05, 3.63) is 53.6 Å². The van der Waals surface area contributed by atoms with E-state index in [9.17, 15) is 22.0 Å². The van der Waals surface area contributed by atoms with E-state index in [-0.39, 0.29) is 5.56 Å². The Morgan fingerprint density at radius 1 is 1.07 bits per heavy atom. The van der Waals surface area contributed by atoms with Crippen LogP contribution >= 0.6 is 0 Å². The third-order valence-corrected chi connectivity index (χ3v) is 5.93. The molecule has 0 saturated heterocycles. The van der Waals surface area contributed by atoms with Gasteiger partial charge >= 0.3 is 0 Å². The molecule has 0 spiro atoms. The third-order valence-electron chi connectivity index (χ3n) is 4.54. The fraction of sp³-hybridized carbons (Fsp3) is 0.316. The van der Waals surface area contributed by atoms with Gasteiger partial charge in [0.1, 0.15) is 17.2 Å². The number of anilines is 1. The first kappa shape index (κ1) is 21.0. The molecule has 0 aromatic heterocycles. The molecular formula is C19H20F2N2O5S. The van der Waals surface area contributed by atoms with Crippen molar-refractivity contribution in [3.8, 4) is 11.5 Å². The normalized spacial score (nSPS) is 14.9. The van der Waals surface area contributed by atoms with E-state index in [1.165, 1.54) is 14.2 Å². The maximum atomic E-state index is 13.8. The molecule has 2 aromatic rings. The van der Waals surface area contributed by atoms with Gasteiger partial charge in [0, 0.05) is 23.4 Å². The first-order valence-corrected chi connectivity index (χ1v) is 10.3. The molecule has 1 fully saturated rings. The number of nitrogens with one attached hydrogen (secondary N) is 2. The van der Waals surface area contributed by atoms with Gasteiger partial charge < -0.3 is 14.8 Å². The van der Waals surface area contributed by atoms with Crippen molar-refractivity contribution in [1.29, 1.82) is 0 Å². The van der Waals surface area contributed by atoms with Gasteiger partial charge in [-0.2, -0.15) is 4.72 Å². The summed E-state index contributed by atoms with van der Waals surface area (Å²) in [4.78, 5) is 12.7. The topological polar surface area (TPSA) is 93.7 Å². The summed E-state index contributed by atoms with van der Waals surface area (Å²) in [5, 5.41) is 2.65. The van der Waals surface area contributed by atoms with Gasteiger partial charge in [0.2, 0.25) is 15.9 Å². The first-order chi connectivity index (χ1) is 13.7. The Morgan fingerprint density at radius 3 is 2.34 bits per heavy atom. The van der Waals surface area contributed by atoms with E-state index in [2.05, 4.69) is 10.0 Å². The maximum Gasteiger partial charge on any atom is 0.245 e. The molecule has 0 atom stereocenters. The van der Waals surface area contributed by atoms with Crippen molar-refractivity contribution >= 4 is 21.6 Å². The largest absolute Gasteiger partial charge is 0.493 e. The molecule has 0 radical (unpaired) electrons. The molecule has 0 heterocycles. The lowest BCUT2D eigenvalue weighted by Gasteiger charge is -2.18. The standard InChI is InChI=1S/C19H20F2N2O5S/c1-27-16-6-5-14(10-17(16)28-2)22-18(24)19(7-8-19)23-29(25,26)11-12-3-4-13(20)9-15(12)21/h3-6,9-10,23H,7-8,11H2,1-2H3,(H,22,24). The van der Waals surface area contributed by atoms with Crippen molar-refractivity contribution in [2.75, 3.05) is 19.5 Å². The van der Waals surface area contributed by atoms with E-state index >= 15 is 0 Å². The van der Waals surface area contributed by atoms with Crippen LogP contribution in [0.25, 0.3) is 0 Å². The number of benzene rings is 2. The zero-order valence-corrected chi connectivity index (χ0v) is 16.6. The summed E-state index contributed by atoms with van der Waals surface area (Å²) in [6, 6.07) is 7.40. The van der Waals surface area contributed by atoms with Gasteiger partial charge in [-0.15, -0.1) is 0 Å². The van der Waals surface area contributed by atoms with Gasteiger partial charge in [-0.3, -0.25) is 4.79 Å². The zero-order valence-electron chi connectivity index (χ0n) is 15.8. The molecule has 29 heavy (non-hydrogen) atoms. The molecule has 1 aliphatic rings. The molecule has 2 N–H and O–H groups in total. The SMILES string of the molecule is COc1ccc(NC(=O)C2(NS(=O)(=O)Cc3ccc(F)cc3F)CC2)cc1OC. The fourth-order valence-electron chi connectivity index (χ4n) is 2.84. The Balaban J connectivity index is 1.71. The number of methoxy groups -OCH3 is 2. The number of carbonyl (C=O) groups excluding carboxylic acids is 1. The molecule has 10 heteroatoms. The van der Waals surface area contributed by atoms with E-state index in [0.29, 0.717) is 36.1 Å². The molecule has 1 aliphatic carbocycles. The summed E-state index contributed by atoms with van der Waals surface area (Å²) >= 11 is 0. The maximum absolute atomic E-state index is 13.8. The van der Waals surface area contributed by atoms with Gasteiger partial charge in [0.25, 0.3) is 0 Å². The number of carbonyl (C=O) groups is 1. The predicted octanol–water partition coefficient (Wildman–Crippen LogP) is 2.57. The van der Waals surface area contributed by atoms with Crippen molar-refractivity contribution in [1.82, 2.24) is 4.72 Å². The fourth-order valence-corrected chi connectivity index (χ4v) is 4.45. The molecule has 0 unspecified atom stereocenters. The predicted molar refractivity (Wildman–Crippen MR) is 102 cm³/mol. The molecule has 156 valence electrons. The number of sulfonamides is 1.